The Balaban J connectivity index is 1.76. The molecule has 0 saturated carbocycles. The van der Waals surface area contributed by atoms with Crippen molar-refractivity contribution in [1.29, 1.82) is 0 Å². The van der Waals surface area contributed by atoms with Crippen LogP contribution in [-0.2, 0) is 4.79 Å². The van der Waals surface area contributed by atoms with Crippen molar-refractivity contribution in [1.82, 2.24) is 0 Å². The van der Waals surface area contributed by atoms with E-state index in [4.69, 9.17) is 9.84 Å². The summed E-state index contributed by atoms with van der Waals surface area (Å²) in [5, 5.41) is 8.73. The van der Waals surface area contributed by atoms with Crippen molar-refractivity contribution in [2.75, 3.05) is 12.4 Å². The molecular formula is C24H18BrF3O4S. The van der Waals surface area contributed by atoms with Crippen molar-refractivity contribution in [3.63, 3.8) is 0 Å². The van der Waals surface area contributed by atoms with Gasteiger partial charge in [-0.25, -0.2) is 4.79 Å². The second kappa shape index (κ2) is 11.3. The number of hydrogen-bond acceptors (Lipinski definition) is 4. The number of thioether (sulfide) groups is 1. The molecule has 172 valence electrons. The maximum atomic E-state index is 12.5. The van der Waals surface area contributed by atoms with Gasteiger partial charge in [-0.1, -0.05) is 48.5 Å². The van der Waals surface area contributed by atoms with E-state index < -0.39 is 18.9 Å². The highest BCUT2D eigenvalue weighted by molar-refractivity contribution is 9.10. The summed E-state index contributed by atoms with van der Waals surface area (Å²) in [6, 6.07) is 20.7. The molecule has 4 nitrogen and oxygen atoms in total. The summed E-state index contributed by atoms with van der Waals surface area (Å²) in [5.74, 6) is -0.309. The number of hydrogen-bond donors (Lipinski definition) is 1. The summed E-state index contributed by atoms with van der Waals surface area (Å²) >= 11 is 4.93. The van der Waals surface area contributed by atoms with E-state index in [1.807, 2.05) is 48.5 Å². The molecule has 0 atom stereocenters. The lowest BCUT2D eigenvalue weighted by molar-refractivity contribution is -0.274. The van der Waals surface area contributed by atoms with Gasteiger partial charge in [0.1, 0.15) is 11.5 Å². The van der Waals surface area contributed by atoms with E-state index in [-0.39, 0.29) is 5.75 Å². The maximum absolute atomic E-state index is 12.5. The lowest BCUT2D eigenvalue weighted by Crippen LogP contribution is -2.17. The highest BCUT2D eigenvalue weighted by atomic mass is 79.9. The quantitative estimate of drug-likeness (QED) is 0.296. The Hall–Kier alpha value is -2.91. The van der Waals surface area contributed by atoms with Gasteiger partial charge in [0.05, 0.1) is 4.47 Å². The minimum atomic E-state index is -4.74. The topological polar surface area (TPSA) is 55.8 Å². The molecule has 0 aliphatic carbocycles. The van der Waals surface area contributed by atoms with Crippen LogP contribution in [0.3, 0.4) is 0 Å². The molecule has 1 N–H and O–H groups in total. The second-order valence-electron chi connectivity index (χ2n) is 6.64. The van der Waals surface area contributed by atoms with Gasteiger partial charge in [-0.2, -0.15) is 0 Å². The molecule has 3 aromatic rings. The molecule has 33 heavy (non-hydrogen) atoms. The predicted molar refractivity (Wildman–Crippen MR) is 125 cm³/mol. The lowest BCUT2D eigenvalue weighted by atomic mass is 9.98. The molecule has 0 spiro atoms. The molecule has 0 aliphatic rings. The number of carboxylic acid groups (broad SMARTS) is 1. The number of carboxylic acids is 1. The summed E-state index contributed by atoms with van der Waals surface area (Å²) in [6.45, 7) is -0.430. The molecule has 0 radical (unpaired) electrons. The van der Waals surface area contributed by atoms with E-state index in [2.05, 4.69) is 20.7 Å². The first-order valence-electron chi connectivity index (χ1n) is 9.60. The van der Waals surface area contributed by atoms with Crippen molar-refractivity contribution in [2.45, 2.75) is 11.3 Å². The lowest BCUT2D eigenvalue weighted by Gasteiger charge is -2.12. The first kappa shape index (κ1) is 24.7. The maximum Gasteiger partial charge on any atom is 0.573 e. The molecule has 0 bridgehead atoms. The third-order valence-corrected chi connectivity index (χ3v) is 5.82. The Morgan fingerprint density at radius 2 is 1.67 bits per heavy atom. The summed E-state index contributed by atoms with van der Waals surface area (Å²) in [6.07, 6.45) is -2.74. The van der Waals surface area contributed by atoms with Crippen LogP contribution in [0.15, 0.2) is 88.2 Å². The average molecular weight is 539 g/mol. The van der Waals surface area contributed by atoms with Crippen LogP contribution in [0.2, 0.25) is 0 Å². The Bertz CT molecular complexity index is 1120. The van der Waals surface area contributed by atoms with Gasteiger partial charge in [-0.05, 0) is 63.0 Å². The van der Waals surface area contributed by atoms with Crippen molar-refractivity contribution in [3.8, 4) is 11.5 Å². The van der Waals surface area contributed by atoms with Crippen LogP contribution in [0, 0.1) is 0 Å². The van der Waals surface area contributed by atoms with Crippen molar-refractivity contribution >= 4 is 39.2 Å². The first-order valence-corrected chi connectivity index (χ1v) is 11.4. The molecule has 0 heterocycles. The Kier molecular flexibility index (Phi) is 8.46. The zero-order valence-electron chi connectivity index (χ0n) is 17.0. The minimum Gasteiger partial charge on any atom is -0.481 e. The Labute approximate surface area is 201 Å². The fourth-order valence-electron chi connectivity index (χ4n) is 2.91. The fraction of sp³-hybridized carbons (Fsp3) is 0.125. The molecule has 0 aromatic heterocycles. The zero-order chi connectivity index (χ0) is 23.8. The van der Waals surface area contributed by atoms with Crippen molar-refractivity contribution in [2.24, 2.45) is 0 Å². The Morgan fingerprint density at radius 1 is 1.00 bits per heavy atom. The average Bonchev–Trinajstić information content (AvgIpc) is 2.76. The van der Waals surface area contributed by atoms with Gasteiger partial charge in [0, 0.05) is 10.6 Å². The van der Waals surface area contributed by atoms with E-state index in [9.17, 15) is 18.0 Å². The van der Waals surface area contributed by atoms with Crippen molar-refractivity contribution in [3.05, 3.63) is 94.5 Å². The monoisotopic (exact) mass is 538 g/mol. The molecule has 0 amide bonds. The third kappa shape index (κ3) is 7.87. The van der Waals surface area contributed by atoms with Crippen molar-refractivity contribution < 1.29 is 32.5 Å². The van der Waals surface area contributed by atoms with E-state index in [1.54, 1.807) is 30.0 Å². The molecule has 0 aliphatic heterocycles. The van der Waals surface area contributed by atoms with E-state index in [1.165, 1.54) is 12.1 Å². The highest BCUT2D eigenvalue weighted by Crippen LogP contribution is 2.32. The van der Waals surface area contributed by atoms with Crippen LogP contribution in [0.25, 0.3) is 5.57 Å². The molecular weight excluding hydrogens is 521 g/mol. The largest absolute Gasteiger partial charge is 0.573 e. The number of halogens is 4. The smallest absolute Gasteiger partial charge is 0.481 e. The summed E-state index contributed by atoms with van der Waals surface area (Å²) in [4.78, 5) is 11.6. The van der Waals surface area contributed by atoms with E-state index >= 15 is 0 Å². The first-order chi connectivity index (χ1) is 15.7. The van der Waals surface area contributed by atoms with Crippen LogP contribution in [0.1, 0.15) is 11.1 Å². The zero-order valence-corrected chi connectivity index (χ0v) is 19.4. The fourth-order valence-corrected chi connectivity index (χ4v) is 4.36. The van der Waals surface area contributed by atoms with Gasteiger partial charge < -0.3 is 14.6 Å². The summed E-state index contributed by atoms with van der Waals surface area (Å²) < 4.78 is 47.2. The highest BCUT2D eigenvalue weighted by Gasteiger charge is 2.31. The molecule has 0 fully saturated rings. The van der Waals surface area contributed by atoms with Crippen LogP contribution in [0.4, 0.5) is 13.2 Å². The predicted octanol–water partition coefficient (Wildman–Crippen LogP) is 7.04. The van der Waals surface area contributed by atoms with Gasteiger partial charge in [-0.15, -0.1) is 24.9 Å². The Morgan fingerprint density at radius 3 is 2.27 bits per heavy atom. The summed E-state index contributed by atoms with van der Waals surface area (Å²) in [7, 11) is 0. The number of ether oxygens (including phenoxy) is 2. The van der Waals surface area contributed by atoms with Gasteiger partial charge in [-0.3, -0.25) is 0 Å². The molecule has 0 unspecified atom stereocenters. The number of carbonyl (C=O) groups is 1. The standard InChI is InChI=1S/C24H18BrF3O4S/c25-21-14-19(10-11-22(21)31-15-23(29)30)33-13-12-20(16-4-2-1-3-5-16)17-6-8-18(9-7-17)32-24(26,27)28/h1-12,14H,13,15H2,(H,29,30). The normalized spacial score (nSPS) is 11.8. The van der Waals surface area contributed by atoms with Crippen LogP contribution in [-0.4, -0.2) is 29.8 Å². The summed E-state index contributed by atoms with van der Waals surface area (Å²) in [5.41, 5.74) is 2.57. The van der Waals surface area contributed by atoms with E-state index in [0.717, 1.165) is 21.6 Å². The van der Waals surface area contributed by atoms with Gasteiger partial charge in [0.15, 0.2) is 6.61 Å². The number of aliphatic carboxylic acids is 1. The molecule has 9 heteroatoms. The van der Waals surface area contributed by atoms with Gasteiger partial charge >= 0.3 is 12.3 Å². The van der Waals surface area contributed by atoms with Crippen LogP contribution < -0.4 is 9.47 Å². The third-order valence-electron chi connectivity index (χ3n) is 4.28. The number of rotatable bonds is 9. The van der Waals surface area contributed by atoms with Gasteiger partial charge in [0.25, 0.3) is 0 Å². The van der Waals surface area contributed by atoms with Crippen LogP contribution >= 0.6 is 27.7 Å². The molecule has 0 saturated heterocycles. The second-order valence-corrected chi connectivity index (χ2v) is 8.59. The minimum absolute atomic E-state index is 0.275. The van der Waals surface area contributed by atoms with Crippen LogP contribution in [0.5, 0.6) is 11.5 Å². The number of alkyl halides is 3. The molecule has 3 rings (SSSR count). The molecule has 3 aromatic carbocycles. The van der Waals surface area contributed by atoms with Gasteiger partial charge in [0.2, 0.25) is 0 Å². The number of benzene rings is 3. The van der Waals surface area contributed by atoms with E-state index in [0.29, 0.717) is 16.0 Å². The SMILES string of the molecule is O=C(O)COc1ccc(SCC=C(c2ccccc2)c2ccc(OC(F)(F)F)cc2)cc1Br.